The molecule has 2 heterocycles. The second-order valence-electron chi connectivity index (χ2n) is 9.09. The third-order valence-corrected chi connectivity index (χ3v) is 6.66. The van der Waals surface area contributed by atoms with E-state index in [0.717, 1.165) is 18.8 Å². The van der Waals surface area contributed by atoms with Crippen molar-refractivity contribution in [2.45, 2.75) is 57.9 Å². The third-order valence-electron chi connectivity index (χ3n) is 6.66. The molecule has 3 nitrogen and oxygen atoms in total. The molecule has 0 N–H and O–H groups in total. The molecule has 2 aromatic carbocycles. The second-order valence-corrected chi connectivity index (χ2v) is 9.09. The van der Waals surface area contributed by atoms with Crippen molar-refractivity contribution in [2.75, 3.05) is 39.3 Å². The van der Waals surface area contributed by atoms with E-state index >= 15 is 0 Å². The zero-order valence-electron chi connectivity index (χ0n) is 18.7. The Kier molecular flexibility index (Phi) is 7.82. The van der Waals surface area contributed by atoms with Gasteiger partial charge >= 0.3 is 0 Å². The van der Waals surface area contributed by atoms with Crippen LogP contribution in [0.3, 0.4) is 0 Å². The Bertz CT molecular complexity index is 761. The van der Waals surface area contributed by atoms with Gasteiger partial charge in [-0.15, -0.1) is 0 Å². The van der Waals surface area contributed by atoms with E-state index in [1.54, 1.807) is 0 Å². The Labute approximate surface area is 183 Å². The Morgan fingerprint density at radius 2 is 1.50 bits per heavy atom. The number of likely N-dealkylation sites (tertiary alicyclic amines) is 2. The molecule has 2 aliphatic heterocycles. The van der Waals surface area contributed by atoms with Gasteiger partial charge in [0.25, 0.3) is 0 Å². The quantitative estimate of drug-likeness (QED) is 0.513. The van der Waals surface area contributed by atoms with Gasteiger partial charge in [0.15, 0.2) is 0 Å². The Morgan fingerprint density at radius 3 is 2.23 bits per heavy atom. The van der Waals surface area contributed by atoms with E-state index in [0.29, 0.717) is 6.04 Å². The van der Waals surface area contributed by atoms with Crippen LogP contribution >= 0.6 is 0 Å². The molecule has 2 aromatic rings. The van der Waals surface area contributed by atoms with Gasteiger partial charge in [0, 0.05) is 6.54 Å². The van der Waals surface area contributed by atoms with Gasteiger partial charge in [-0.1, -0.05) is 54.8 Å². The monoisotopic (exact) mass is 406 g/mol. The van der Waals surface area contributed by atoms with Gasteiger partial charge in [-0.3, -0.25) is 4.90 Å². The number of hydrogen-bond acceptors (Lipinski definition) is 3. The summed E-state index contributed by atoms with van der Waals surface area (Å²) < 4.78 is 6.19. The van der Waals surface area contributed by atoms with Gasteiger partial charge in [-0.05, 0) is 88.5 Å². The molecule has 162 valence electrons. The molecule has 2 aliphatic rings. The molecule has 0 radical (unpaired) electrons. The summed E-state index contributed by atoms with van der Waals surface area (Å²) in [7, 11) is 0. The lowest BCUT2D eigenvalue weighted by Crippen LogP contribution is -2.34. The molecule has 1 atom stereocenters. The molecule has 0 saturated carbocycles. The van der Waals surface area contributed by atoms with Crippen LogP contribution in [0.25, 0.3) is 0 Å². The van der Waals surface area contributed by atoms with Gasteiger partial charge in [0.05, 0.1) is 12.6 Å². The average molecular weight is 407 g/mol. The molecule has 1 unspecified atom stereocenters. The van der Waals surface area contributed by atoms with E-state index in [1.807, 2.05) is 0 Å². The van der Waals surface area contributed by atoms with Crippen LogP contribution in [0.5, 0.6) is 5.75 Å². The fourth-order valence-corrected chi connectivity index (χ4v) is 4.97. The lowest BCUT2D eigenvalue weighted by molar-refractivity contribution is 0.186. The molecule has 0 amide bonds. The Hall–Kier alpha value is -1.84. The number of aryl methyl sites for hydroxylation is 1. The van der Waals surface area contributed by atoms with Crippen molar-refractivity contribution in [1.29, 1.82) is 0 Å². The highest BCUT2D eigenvalue weighted by atomic mass is 16.5. The summed E-state index contributed by atoms with van der Waals surface area (Å²) in [6, 6.07) is 18.3. The number of ether oxygens (including phenoxy) is 1. The van der Waals surface area contributed by atoms with Crippen molar-refractivity contribution in [2.24, 2.45) is 0 Å². The van der Waals surface area contributed by atoms with Crippen molar-refractivity contribution in [3.8, 4) is 5.75 Å². The normalized spacial score (nSPS) is 19.5. The summed E-state index contributed by atoms with van der Waals surface area (Å²) in [4.78, 5) is 5.25. The van der Waals surface area contributed by atoms with Crippen molar-refractivity contribution < 1.29 is 4.74 Å². The SMILES string of the molecule is Cc1ccc(C(c2cccc(OCCCN3CCCCC3)c2)N2CCCCC2)cc1. The van der Waals surface area contributed by atoms with Crippen LogP contribution in [0, 0.1) is 6.92 Å². The summed E-state index contributed by atoms with van der Waals surface area (Å²) >= 11 is 0. The molecule has 4 rings (SSSR count). The first-order chi connectivity index (χ1) is 14.8. The lowest BCUT2D eigenvalue weighted by Gasteiger charge is -2.35. The summed E-state index contributed by atoms with van der Waals surface area (Å²) in [6.07, 6.45) is 9.19. The molecule has 0 aromatic heterocycles. The minimum absolute atomic E-state index is 0.322. The first kappa shape index (κ1) is 21.4. The standard InChI is InChI=1S/C27H38N2O/c1-23-12-14-24(15-13-23)27(29-19-6-3-7-20-29)25-10-8-11-26(22-25)30-21-9-18-28-16-4-2-5-17-28/h8,10-15,22,27H,2-7,9,16-21H2,1H3. The fourth-order valence-electron chi connectivity index (χ4n) is 4.97. The van der Waals surface area contributed by atoms with Crippen molar-refractivity contribution in [1.82, 2.24) is 9.80 Å². The van der Waals surface area contributed by atoms with E-state index < -0.39 is 0 Å². The van der Waals surface area contributed by atoms with Gasteiger partial charge in [0.1, 0.15) is 5.75 Å². The minimum Gasteiger partial charge on any atom is -0.494 e. The molecule has 3 heteroatoms. The Balaban J connectivity index is 1.42. The summed E-state index contributed by atoms with van der Waals surface area (Å²) in [5, 5.41) is 0. The van der Waals surface area contributed by atoms with Gasteiger partial charge in [-0.2, -0.15) is 0 Å². The van der Waals surface area contributed by atoms with E-state index in [-0.39, 0.29) is 0 Å². The number of hydrogen-bond donors (Lipinski definition) is 0. The van der Waals surface area contributed by atoms with Crippen molar-refractivity contribution in [3.63, 3.8) is 0 Å². The van der Waals surface area contributed by atoms with Crippen LogP contribution in [0.4, 0.5) is 0 Å². The van der Waals surface area contributed by atoms with Crippen LogP contribution in [-0.2, 0) is 0 Å². The predicted octanol–water partition coefficient (Wildman–Crippen LogP) is 5.83. The third kappa shape index (κ3) is 5.86. The van der Waals surface area contributed by atoms with Crippen LogP contribution < -0.4 is 4.74 Å². The minimum atomic E-state index is 0.322. The zero-order chi connectivity index (χ0) is 20.6. The smallest absolute Gasteiger partial charge is 0.119 e. The molecule has 30 heavy (non-hydrogen) atoms. The van der Waals surface area contributed by atoms with E-state index in [4.69, 9.17) is 4.74 Å². The summed E-state index contributed by atoms with van der Waals surface area (Å²) in [6.45, 7) is 9.03. The highest BCUT2D eigenvalue weighted by Gasteiger charge is 2.24. The van der Waals surface area contributed by atoms with Gasteiger partial charge in [-0.25, -0.2) is 0 Å². The molecule has 2 saturated heterocycles. The van der Waals surface area contributed by atoms with Crippen LogP contribution in [0.2, 0.25) is 0 Å². The van der Waals surface area contributed by atoms with Crippen LogP contribution in [-0.4, -0.2) is 49.1 Å². The van der Waals surface area contributed by atoms with Crippen LogP contribution in [0.1, 0.15) is 67.7 Å². The van der Waals surface area contributed by atoms with Crippen molar-refractivity contribution in [3.05, 3.63) is 65.2 Å². The summed E-state index contributed by atoms with van der Waals surface area (Å²) in [5.41, 5.74) is 4.07. The molecule has 0 spiro atoms. The molecular formula is C27H38N2O. The fraction of sp³-hybridized carbons (Fsp3) is 0.556. The van der Waals surface area contributed by atoms with Crippen molar-refractivity contribution >= 4 is 0 Å². The number of piperidine rings is 2. The van der Waals surface area contributed by atoms with E-state index in [1.165, 1.54) is 87.9 Å². The van der Waals surface area contributed by atoms with Gasteiger partial charge < -0.3 is 9.64 Å². The molecule has 0 aliphatic carbocycles. The van der Waals surface area contributed by atoms with Gasteiger partial charge in [0.2, 0.25) is 0 Å². The highest BCUT2D eigenvalue weighted by molar-refractivity contribution is 5.37. The molecule has 0 bridgehead atoms. The van der Waals surface area contributed by atoms with E-state index in [2.05, 4.69) is 65.3 Å². The average Bonchev–Trinajstić information content (AvgIpc) is 2.80. The Morgan fingerprint density at radius 1 is 0.800 bits per heavy atom. The maximum atomic E-state index is 6.19. The second kappa shape index (κ2) is 11.0. The highest BCUT2D eigenvalue weighted by Crippen LogP contribution is 2.33. The summed E-state index contributed by atoms with van der Waals surface area (Å²) in [5.74, 6) is 1.01. The lowest BCUT2D eigenvalue weighted by atomic mass is 9.94. The largest absolute Gasteiger partial charge is 0.494 e. The first-order valence-corrected chi connectivity index (χ1v) is 12.1. The maximum Gasteiger partial charge on any atom is 0.119 e. The zero-order valence-corrected chi connectivity index (χ0v) is 18.7. The predicted molar refractivity (Wildman–Crippen MR) is 125 cm³/mol. The molecular weight excluding hydrogens is 368 g/mol. The first-order valence-electron chi connectivity index (χ1n) is 12.1. The number of benzene rings is 2. The topological polar surface area (TPSA) is 15.7 Å². The van der Waals surface area contributed by atoms with Crippen LogP contribution in [0.15, 0.2) is 48.5 Å². The molecule has 2 fully saturated rings. The number of rotatable bonds is 8. The number of nitrogens with zero attached hydrogens (tertiary/aromatic N) is 2. The van der Waals surface area contributed by atoms with E-state index in [9.17, 15) is 0 Å². The maximum absolute atomic E-state index is 6.19.